The molecule has 0 radical (unpaired) electrons. The summed E-state index contributed by atoms with van der Waals surface area (Å²) in [4.78, 5) is 35.6. The van der Waals surface area contributed by atoms with Crippen molar-refractivity contribution in [3.8, 4) is 11.3 Å². The topological polar surface area (TPSA) is 87.3 Å². The normalized spacial score (nSPS) is 20.9. The van der Waals surface area contributed by atoms with E-state index in [1.807, 2.05) is 18.2 Å². The number of aromatic nitrogens is 2. The molecule has 1 aliphatic carbocycles. The molecule has 1 aliphatic heterocycles. The first kappa shape index (κ1) is 23.5. The van der Waals surface area contributed by atoms with Gasteiger partial charge in [0.05, 0.1) is 27.4 Å². The number of hydrogen-bond acceptors (Lipinski definition) is 6. The molecule has 11 heteroatoms. The van der Waals surface area contributed by atoms with Crippen LogP contribution >= 0.6 is 46.1 Å². The minimum Gasteiger partial charge on any atom is -0.462 e. The van der Waals surface area contributed by atoms with Crippen molar-refractivity contribution in [2.24, 2.45) is 11.8 Å². The summed E-state index contributed by atoms with van der Waals surface area (Å²) in [5.41, 5.74) is 2.17. The van der Waals surface area contributed by atoms with Crippen LogP contribution in [0, 0.1) is 18.8 Å². The van der Waals surface area contributed by atoms with Crippen LogP contribution in [0.5, 0.6) is 0 Å². The molecule has 7 nitrogen and oxygen atoms in total. The average molecular weight is 540 g/mol. The zero-order valence-electron chi connectivity index (χ0n) is 18.3. The van der Waals surface area contributed by atoms with Crippen LogP contribution in [0.2, 0.25) is 15.1 Å². The highest BCUT2D eigenvalue weighted by Crippen LogP contribution is 2.48. The predicted octanol–water partition coefficient (Wildman–Crippen LogP) is 5.45. The van der Waals surface area contributed by atoms with Crippen molar-refractivity contribution >= 4 is 63.1 Å². The van der Waals surface area contributed by atoms with Gasteiger partial charge in [-0.25, -0.2) is 9.78 Å². The molecule has 1 amide bonds. The van der Waals surface area contributed by atoms with Gasteiger partial charge in [-0.1, -0.05) is 64.3 Å². The number of aryl methyl sites for hydroxylation is 1. The maximum absolute atomic E-state index is 12.7. The highest BCUT2D eigenvalue weighted by atomic mass is 35.5. The molecule has 5 rings (SSSR count). The van der Waals surface area contributed by atoms with E-state index in [1.54, 1.807) is 19.9 Å². The molecule has 3 aromatic rings. The second-order valence-corrected chi connectivity index (χ2v) is 10.5. The molecule has 1 aromatic carbocycles. The Balaban J connectivity index is 1.31. The van der Waals surface area contributed by atoms with Gasteiger partial charge in [-0.2, -0.15) is 0 Å². The minimum atomic E-state index is -0.410. The summed E-state index contributed by atoms with van der Waals surface area (Å²) in [6.07, 6.45) is 0. The molecule has 2 fully saturated rings. The first-order valence-corrected chi connectivity index (χ1v) is 12.8. The Kier molecular flexibility index (Phi) is 6.27. The first-order valence-electron chi connectivity index (χ1n) is 10.8. The lowest BCUT2D eigenvalue weighted by atomic mass is 10.1. The van der Waals surface area contributed by atoms with Crippen molar-refractivity contribution in [2.45, 2.75) is 19.9 Å². The lowest BCUT2D eigenvalue weighted by Gasteiger charge is -2.19. The number of carbonyl (C=O) groups is 2. The van der Waals surface area contributed by atoms with Gasteiger partial charge >= 0.3 is 5.97 Å². The van der Waals surface area contributed by atoms with Crippen LogP contribution < -0.4 is 10.2 Å². The fourth-order valence-corrected chi connectivity index (χ4v) is 6.10. The maximum atomic E-state index is 12.7. The molecule has 2 aromatic heterocycles. The van der Waals surface area contributed by atoms with Crippen molar-refractivity contribution < 1.29 is 14.3 Å². The van der Waals surface area contributed by atoms with Gasteiger partial charge in [-0.05, 0) is 19.9 Å². The molecule has 34 heavy (non-hydrogen) atoms. The van der Waals surface area contributed by atoms with Crippen LogP contribution in [0.25, 0.3) is 11.3 Å². The number of nitrogens with zero attached hydrogens (tertiary/aromatic N) is 2. The number of esters is 1. The second-order valence-electron chi connectivity index (χ2n) is 8.36. The number of aromatic amines is 1. The van der Waals surface area contributed by atoms with Crippen LogP contribution in [0.1, 0.15) is 32.8 Å². The van der Waals surface area contributed by atoms with Crippen molar-refractivity contribution in [2.75, 3.05) is 24.6 Å². The minimum absolute atomic E-state index is 0.0646. The van der Waals surface area contributed by atoms with Gasteiger partial charge in [-0.3, -0.25) is 4.79 Å². The Bertz CT molecular complexity index is 1280. The molecular formula is C23H21Cl3N4O3S. The predicted molar refractivity (Wildman–Crippen MR) is 135 cm³/mol. The summed E-state index contributed by atoms with van der Waals surface area (Å²) in [5, 5.41) is 4.93. The van der Waals surface area contributed by atoms with Crippen molar-refractivity contribution in [1.29, 1.82) is 0 Å². The van der Waals surface area contributed by atoms with E-state index in [-0.39, 0.29) is 29.3 Å². The van der Waals surface area contributed by atoms with Crippen LogP contribution in [0.4, 0.5) is 5.13 Å². The number of nitrogens with one attached hydrogen (secondary N) is 2. The van der Waals surface area contributed by atoms with Crippen LogP contribution in [-0.4, -0.2) is 47.6 Å². The highest BCUT2D eigenvalue weighted by Gasteiger charge is 2.57. The first-order chi connectivity index (χ1) is 16.3. The van der Waals surface area contributed by atoms with E-state index < -0.39 is 5.97 Å². The van der Waals surface area contributed by atoms with E-state index in [4.69, 9.17) is 44.5 Å². The smallest absolute Gasteiger partial charge is 0.350 e. The lowest BCUT2D eigenvalue weighted by molar-refractivity contribution is 0.0532. The van der Waals surface area contributed by atoms with Crippen molar-refractivity contribution in [3.63, 3.8) is 0 Å². The zero-order chi connectivity index (χ0) is 24.1. The summed E-state index contributed by atoms with van der Waals surface area (Å²) in [5.74, 6) is -0.0702. The van der Waals surface area contributed by atoms with Gasteiger partial charge in [0.2, 0.25) is 0 Å². The Hall–Kier alpha value is -2.26. The number of piperidine rings is 1. The molecule has 0 unspecified atom stereocenters. The number of halogens is 3. The number of amides is 1. The fraction of sp³-hybridized carbons (Fsp3) is 0.348. The third kappa shape index (κ3) is 4.06. The molecule has 2 N–H and O–H groups in total. The van der Waals surface area contributed by atoms with Crippen LogP contribution in [-0.2, 0) is 4.74 Å². The largest absolute Gasteiger partial charge is 0.462 e. The summed E-state index contributed by atoms with van der Waals surface area (Å²) >= 11 is 20.0. The lowest BCUT2D eigenvalue weighted by Crippen LogP contribution is -2.34. The number of H-pyrrole nitrogens is 1. The number of benzene rings is 1. The molecule has 178 valence electrons. The van der Waals surface area contributed by atoms with Gasteiger partial charge < -0.3 is 19.9 Å². The summed E-state index contributed by atoms with van der Waals surface area (Å²) < 4.78 is 5.26. The molecule has 0 bridgehead atoms. The molecule has 1 saturated carbocycles. The average Bonchev–Trinajstić information content (AvgIpc) is 3.20. The standard InChI is InChI=1S/C23H21Cl3N4O3S/c1-3-33-22(32)20-18(11-6-4-5-7-14(11)24)29-23(34-20)30-8-12-13(9-30)17(12)28-21(31)19-16(26)15(25)10(2)27-19/h4-7,12-13,17,27H,3,8-9H2,1-2H3,(H,28,31)/t12-,13+,17+. The quantitative estimate of drug-likeness (QED) is 0.407. The Labute approximate surface area is 215 Å². The summed E-state index contributed by atoms with van der Waals surface area (Å²) in [6.45, 7) is 5.27. The highest BCUT2D eigenvalue weighted by molar-refractivity contribution is 7.18. The summed E-state index contributed by atoms with van der Waals surface area (Å²) in [6, 6.07) is 7.37. The number of carbonyl (C=O) groups excluding carboxylic acids is 2. The van der Waals surface area contributed by atoms with Crippen LogP contribution in [0.3, 0.4) is 0 Å². The fourth-order valence-electron chi connectivity index (χ4n) is 4.46. The molecule has 1 saturated heterocycles. The van der Waals surface area contributed by atoms with Gasteiger partial charge in [-0.15, -0.1) is 0 Å². The molecule has 0 spiro atoms. The number of hydrogen-bond donors (Lipinski definition) is 2. The maximum Gasteiger partial charge on any atom is 0.350 e. The van der Waals surface area contributed by atoms with E-state index in [1.165, 1.54) is 11.3 Å². The number of thiazole rings is 1. The van der Waals surface area contributed by atoms with E-state index in [2.05, 4.69) is 15.2 Å². The summed E-state index contributed by atoms with van der Waals surface area (Å²) in [7, 11) is 0. The van der Waals surface area contributed by atoms with Crippen molar-refractivity contribution in [1.82, 2.24) is 15.3 Å². The van der Waals surface area contributed by atoms with Gasteiger partial charge in [0, 0.05) is 42.2 Å². The van der Waals surface area contributed by atoms with Gasteiger partial charge in [0.25, 0.3) is 5.91 Å². The third-order valence-corrected chi connectivity index (χ3v) is 8.62. The van der Waals surface area contributed by atoms with Crippen molar-refractivity contribution in [3.05, 3.63) is 55.6 Å². The zero-order valence-corrected chi connectivity index (χ0v) is 21.4. The SMILES string of the molecule is CCOC(=O)c1sc(N2C[C@@H]3[C@H](C2)[C@H]3NC(=O)c2[nH]c(C)c(Cl)c2Cl)nc1-c1ccccc1Cl. The second kappa shape index (κ2) is 9.07. The van der Waals surface area contributed by atoms with Gasteiger partial charge in [0.15, 0.2) is 5.13 Å². The van der Waals surface area contributed by atoms with Gasteiger partial charge in [0.1, 0.15) is 10.6 Å². The monoisotopic (exact) mass is 538 g/mol. The number of rotatable bonds is 6. The Morgan fingerprint density at radius 3 is 2.53 bits per heavy atom. The molecule has 3 heterocycles. The molecular weight excluding hydrogens is 519 g/mol. The number of anilines is 1. The van der Waals surface area contributed by atoms with E-state index in [9.17, 15) is 9.59 Å². The number of ether oxygens (including phenoxy) is 1. The third-order valence-electron chi connectivity index (χ3n) is 6.25. The molecule has 2 aliphatic rings. The number of fused-ring (bicyclic) bond motifs is 1. The molecule has 3 atom stereocenters. The Morgan fingerprint density at radius 1 is 1.21 bits per heavy atom. The van der Waals surface area contributed by atoms with E-state index in [0.29, 0.717) is 43.7 Å². The van der Waals surface area contributed by atoms with E-state index >= 15 is 0 Å². The van der Waals surface area contributed by atoms with Crippen LogP contribution in [0.15, 0.2) is 24.3 Å². The Morgan fingerprint density at radius 2 is 1.91 bits per heavy atom. The van der Waals surface area contributed by atoms with E-state index in [0.717, 1.165) is 18.2 Å².